The van der Waals surface area contributed by atoms with E-state index >= 15 is 0 Å². The number of rotatable bonds is 6. The van der Waals surface area contributed by atoms with Crippen molar-refractivity contribution < 1.29 is 4.52 Å². The summed E-state index contributed by atoms with van der Waals surface area (Å²) < 4.78 is 5.27. The molecule has 0 aromatic carbocycles. The summed E-state index contributed by atoms with van der Waals surface area (Å²) in [6.07, 6.45) is 3.91. The third-order valence-corrected chi connectivity index (χ3v) is 3.40. The van der Waals surface area contributed by atoms with E-state index in [-0.39, 0.29) is 0 Å². The summed E-state index contributed by atoms with van der Waals surface area (Å²) >= 11 is 0. The van der Waals surface area contributed by atoms with E-state index in [0.29, 0.717) is 12.5 Å². The highest BCUT2D eigenvalue weighted by atomic mass is 16.5. The minimum absolute atomic E-state index is 0.678. The van der Waals surface area contributed by atoms with Gasteiger partial charge in [0.1, 0.15) is 0 Å². The molecule has 17 heavy (non-hydrogen) atoms. The predicted octanol–water partition coefficient (Wildman–Crippen LogP) is 0.845. The molecule has 1 aromatic heterocycles. The lowest BCUT2D eigenvalue weighted by Gasteiger charge is -2.11. The van der Waals surface area contributed by atoms with Crippen LogP contribution in [0.4, 0.5) is 0 Å². The summed E-state index contributed by atoms with van der Waals surface area (Å²) in [4.78, 5) is 6.88. The Labute approximate surface area is 102 Å². The van der Waals surface area contributed by atoms with Crippen LogP contribution in [0.2, 0.25) is 0 Å². The molecule has 1 saturated heterocycles. The topological polar surface area (TPSA) is 68.2 Å². The molecule has 0 spiro atoms. The fourth-order valence-corrected chi connectivity index (χ4v) is 2.35. The fourth-order valence-electron chi connectivity index (χ4n) is 2.35. The van der Waals surface area contributed by atoms with Crippen LogP contribution in [0.1, 0.15) is 31.5 Å². The number of likely N-dealkylation sites (tertiary alicyclic amines) is 1. The van der Waals surface area contributed by atoms with Crippen molar-refractivity contribution in [3.63, 3.8) is 0 Å². The molecule has 1 aliphatic rings. The summed E-state index contributed by atoms with van der Waals surface area (Å²) in [5, 5.41) is 3.98. The van der Waals surface area contributed by atoms with Crippen LogP contribution in [-0.2, 0) is 12.8 Å². The van der Waals surface area contributed by atoms with Crippen molar-refractivity contribution in [3.05, 3.63) is 11.7 Å². The zero-order valence-corrected chi connectivity index (χ0v) is 10.6. The quantitative estimate of drug-likeness (QED) is 0.795. The van der Waals surface area contributed by atoms with E-state index in [9.17, 15) is 0 Å². The minimum Gasteiger partial charge on any atom is -0.339 e. The zero-order valence-electron chi connectivity index (χ0n) is 10.6. The van der Waals surface area contributed by atoms with Crippen LogP contribution in [-0.4, -0.2) is 41.2 Å². The molecule has 2 rings (SSSR count). The second kappa shape index (κ2) is 6.12. The van der Waals surface area contributed by atoms with Gasteiger partial charge in [-0.15, -0.1) is 0 Å². The highest BCUT2D eigenvalue weighted by molar-refractivity contribution is 4.90. The number of hydrogen-bond donors (Lipinski definition) is 1. The van der Waals surface area contributed by atoms with Gasteiger partial charge in [-0.3, -0.25) is 0 Å². The van der Waals surface area contributed by atoms with Crippen molar-refractivity contribution >= 4 is 0 Å². The average Bonchev–Trinajstić information content (AvgIpc) is 2.96. The largest absolute Gasteiger partial charge is 0.339 e. The predicted molar refractivity (Wildman–Crippen MR) is 65.6 cm³/mol. The Balaban J connectivity index is 1.80. The van der Waals surface area contributed by atoms with E-state index in [0.717, 1.165) is 44.1 Å². The smallest absolute Gasteiger partial charge is 0.226 e. The normalized spacial score (nSPS) is 21.2. The first-order valence-corrected chi connectivity index (χ1v) is 6.55. The van der Waals surface area contributed by atoms with Gasteiger partial charge < -0.3 is 15.2 Å². The van der Waals surface area contributed by atoms with E-state index in [4.69, 9.17) is 10.3 Å². The Bertz CT molecular complexity index is 339. The molecule has 1 aromatic rings. The molecule has 0 amide bonds. The number of nitrogens with zero attached hydrogens (tertiary/aromatic N) is 3. The first kappa shape index (κ1) is 12.5. The van der Waals surface area contributed by atoms with Crippen molar-refractivity contribution in [2.75, 3.05) is 26.2 Å². The Morgan fingerprint density at radius 3 is 3.12 bits per heavy atom. The van der Waals surface area contributed by atoms with Crippen LogP contribution < -0.4 is 5.73 Å². The number of aryl methyl sites for hydroxylation is 1. The summed E-state index contributed by atoms with van der Waals surface area (Å²) in [6, 6.07) is 0. The maximum atomic E-state index is 5.45. The third-order valence-electron chi connectivity index (χ3n) is 3.40. The molecule has 2 heterocycles. The Hall–Kier alpha value is -0.940. The van der Waals surface area contributed by atoms with Crippen molar-refractivity contribution in [2.24, 2.45) is 11.7 Å². The lowest BCUT2D eigenvalue weighted by molar-refractivity contribution is 0.322. The maximum absolute atomic E-state index is 5.45. The lowest BCUT2D eigenvalue weighted by Crippen LogP contribution is -2.20. The second-order valence-corrected chi connectivity index (χ2v) is 4.75. The molecule has 0 bridgehead atoms. The molecular weight excluding hydrogens is 216 g/mol. The molecule has 0 radical (unpaired) electrons. The Kier molecular flexibility index (Phi) is 4.50. The monoisotopic (exact) mass is 238 g/mol. The van der Waals surface area contributed by atoms with Crippen molar-refractivity contribution in [3.8, 4) is 0 Å². The molecule has 0 aliphatic carbocycles. The first-order chi connectivity index (χ1) is 8.31. The van der Waals surface area contributed by atoms with Crippen LogP contribution in [0.5, 0.6) is 0 Å². The molecule has 1 unspecified atom stereocenters. The standard InChI is InChI=1S/C12H22N4O/c1-2-16-7-5-10(9-16)8-12-14-11(15-17-12)4-3-6-13/h10H,2-9,13H2,1H3. The third kappa shape index (κ3) is 3.51. The summed E-state index contributed by atoms with van der Waals surface area (Å²) in [7, 11) is 0. The fraction of sp³-hybridized carbons (Fsp3) is 0.833. The van der Waals surface area contributed by atoms with Crippen LogP contribution in [0.25, 0.3) is 0 Å². The van der Waals surface area contributed by atoms with Crippen LogP contribution in [0.3, 0.4) is 0 Å². The van der Waals surface area contributed by atoms with Gasteiger partial charge >= 0.3 is 0 Å². The Morgan fingerprint density at radius 2 is 2.41 bits per heavy atom. The molecule has 1 aliphatic heterocycles. The molecular formula is C12H22N4O. The molecule has 1 atom stereocenters. The zero-order chi connectivity index (χ0) is 12.1. The van der Waals surface area contributed by atoms with Crippen LogP contribution in [0.15, 0.2) is 4.52 Å². The van der Waals surface area contributed by atoms with E-state index in [2.05, 4.69) is 22.0 Å². The molecule has 1 fully saturated rings. The van der Waals surface area contributed by atoms with Gasteiger partial charge in [0.05, 0.1) is 0 Å². The van der Waals surface area contributed by atoms with E-state index in [1.807, 2.05) is 0 Å². The summed E-state index contributed by atoms with van der Waals surface area (Å²) in [5.41, 5.74) is 5.45. The van der Waals surface area contributed by atoms with E-state index in [1.54, 1.807) is 0 Å². The number of hydrogen-bond acceptors (Lipinski definition) is 5. The molecule has 2 N–H and O–H groups in total. The van der Waals surface area contributed by atoms with Gasteiger partial charge in [0, 0.05) is 19.4 Å². The second-order valence-electron chi connectivity index (χ2n) is 4.75. The molecule has 96 valence electrons. The summed E-state index contributed by atoms with van der Waals surface area (Å²) in [6.45, 7) is 6.40. The summed E-state index contributed by atoms with van der Waals surface area (Å²) in [5.74, 6) is 2.27. The lowest BCUT2D eigenvalue weighted by atomic mass is 10.1. The van der Waals surface area contributed by atoms with Crippen molar-refractivity contribution in [1.29, 1.82) is 0 Å². The maximum Gasteiger partial charge on any atom is 0.226 e. The van der Waals surface area contributed by atoms with Crippen LogP contribution in [0, 0.1) is 5.92 Å². The minimum atomic E-state index is 0.678. The van der Waals surface area contributed by atoms with Gasteiger partial charge in [-0.25, -0.2) is 0 Å². The van der Waals surface area contributed by atoms with Gasteiger partial charge in [-0.2, -0.15) is 4.98 Å². The molecule has 5 nitrogen and oxygen atoms in total. The van der Waals surface area contributed by atoms with Gasteiger partial charge in [0.15, 0.2) is 5.82 Å². The van der Waals surface area contributed by atoms with Crippen molar-refractivity contribution in [2.45, 2.75) is 32.6 Å². The van der Waals surface area contributed by atoms with E-state index in [1.165, 1.54) is 13.0 Å². The van der Waals surface area contributed by atoms with Crippen LogP contribution >= 0.6 is 0 Å². The molecule has 0 saturated carbocycles. The van der Waals surface area contributed by atoms with Crippen molar-refractivity contribution in [1.82, 2.24) is 15.0 Å². The van der Waals surface area contributed by atoms with Gasteiger partial charge in [0.25, 0.3) is 0 Å². The Morgan fingerprint density at radius 1 is 1.53 bits per heavy atom. The average molecular weight is 238 g/mol. The number of aromatic nitrogens is 2. The van der Waals surface area contributed by atoms with Gasteiger partial charge in [-0.05, 0) is 38.4 Å². The first-order valence-electron chi connectivity index (χ1n) is 6.55. The number of nitrogens with two attached hydrogens (primary N) is 1. The van der Waals surface area contributed by atoms with Gasteiger partial charge in [0.2, 0.25) is 5.89 Å². The SMILES string of the molecule is CCN1CCC(Cc2nc(CCCN)no2)C1. The highest BCUT2D eigenvalue weighted by Gasteiger charge is 2.23. The molecule has 5 heteroatoms. The highest BCUT2D eigenvalue weighted by Crippen LogP contribution is 2.19. The van der Waals surface area contributed by atoms with Gasteiger partial charge in [-0.1, -0.05) is 12.1 Å². The van der Waals surface area contributed by atoms with E-state index < -0.39 is 0 Å².